The Labute approximate surface area is 146 Å². The highest BCUT2D eigenvalue weighted by Crippen LogP contribution is 2.27. The largest absolute Gasteiger partial charge is 0.477 e. The van der Waals surface area contributed by atoms with E-state index in [1.807, 2.05) is 0 Å². The lowest BCUT2D eigenvalue weighted by Gasteiger charge is -2.24. The molecule has 0 fully saturated rings. The summed E-state index contributed by atoms with van der Waals surface area (Å²) in [5, 5.41) is 0. The Bertz CT molecular complexity index is 795. The van der Waals surface area contributed by atoms with Gasteiger partial charge in [-0.2, -0.15) is 0 Å². The van der Waals surface area contributed by atoms with E-state index in [9.17, 15) is 8.78 Å². The quantitative estimate of drug-likeness (QED) is 0.798. The van der Waals surface area contributed by atoms with Gasteiger partial charge in [-0.05, 0) is 60.9 Å². The first-order valence-electron chi connectivity index (χ1n) is 8.97. The molecule has 0 N–H and O–H groups in total. The standard InChI is InChI=1S/C21H21F2NO/c22-18-9-4-10-19(23)20(18)21-24-16(11-12-25-21)13-15-7-3-6-14-5-1-2-8-17(14)15/h3-4,6-7,9-10,16H,1-2,5,8,11-13H2. The minimum atomic E-state index is -0.628. The third-order valence-corrected chi connectivity index (χ3v) is 5.11. The van der Waals surface area contributed by atoms with Crippen LogP contribution in [0.25, 0.3) is 0 Å². The maximum atomic E-state index is 14.0. The summed E-state index contributed by atoms with van der Waals surface area (Å²) in [7, 11) is 0. The van der Waals surface area contributed by atoms with Crippen LogP contribution < -0.4 is 0 Å². The Morgan fingerprint density at radius 2 is 1.76 bits per heavy atom. The van der Waals surface area contributed by atoms with E-state index in [0.717, 1.165) is 25.7 Å². The molecule has 25 heavy (non-hydrogen) atoms. The van der Waals surface area contributed by atoms with Crippen molar-refractivity contribution in [3.63, 3.8) is 0 Å². The predicted octanol–water partition coefficient (Wildman–Crippen LogP) is 4.62. The van der Waals surface area contributed by atoms with Gasteiger partial charge < -0.3 is 4.74 Å². The van der Waals surface area contributed by atoms with Crippen molar-refractivity contribution < 1.29 is 13.5 Å². The Balaban J connectivity index is 1.62. The number of hydrogen-bond donors (Lipinski definition) is 0. The summed E-state index contributed by atoms with van der Waals surface area (Å²) in [6.45, 7) is 0.437. The van der Waals surface area contributed by atoms with Crippen molar-refractivity contribution in [2.45, 2.75) is 44.6 Å². The molecule has 0 radical (unpaired) electrons. The predicted molar refractivity (Wildman–Crippen MR) is 94.0 cm³/mol. The number of fused-ring (bicyclic) bond motifs is 1. The summed E-state index contributed by atoms with van der Waals surface area (Å²) < 4.78 is 33.5. The first-order chi connectivity index (χ1) is 12.2. The Morgan fingerprint density at radius 1 is 1.00 bits per heavy atom. The smallest absolute Gasteiger partial charge is 0.222 e. The molecule has 2 aliphatic rings. The number of aliphatic imine (C=N–C) groups is 1. The van der Waals surface area contributed by atoms with E-state index in [1.165, 1.54) is 47.7 Å². The first kappa shape index (κ1) is 16.2. The fourth-order valence-corrected chi connectivity index (χ4v) is 3.85. The van der Waals surface area contributed by atoms with Crippen LogP contribution in [0.4, 0.5) is 8.78 Å². The molecule has 1 aliphatic heterocycles. The first-order valence-corrected chi connectivity index (χ1v) is 8.97. The summed E-state index contributed by atoms with van der Waals surface area (Å²) in [6.07, 6.45) is 6.31. The zero-order valence-electron chi connectivity index (χ0n) is 14.1. The van der Waals surface area contributed by atoms with Gasteiger partial charge in [0.2, 0.25) is 5.90 Å². The number of rotatable bonds is 3. The van der Waals surface area contributed by atoms with E-state index in [4.69, 9.17) is 4.74 Å². The van der Waals surface area contributed by atoms with E-state index < -0.39 is 11.6 Å². The molecule has 0 amide bonds. The van der Waals surface area contributed by atoms with E-state index in [2.05, 4.69) is 23.2 Å². The monoisotopic (exact) mass is 341 g/mol. The lowest BCUT2D eigenvalue weighted by atomic mass is 9.86. The summed E-state index contributed by atoms with van der Waals surface area (Å²) in [4.78, 5) is 4.53. The average Bonchev–Trinajstić information content (AvgIpc) is 2.62. The molecule has 1 aliphatic carbocycles. The fraction of sp³-hybridized carbons (Fsp3) is 0.381. The van der Waals surface area contributed by atoms with Gasteiger partial charge in [-0.3, -0.25) is 0 Å². The molecule has 0 spiro atoms. The van der Waals surface area contributed by atoms with Crippen molar-refractivity contribution in [3.8, 4) is 0 Å². The second-order valence-electron chi connectivity index (χ2n) is 6.79. The van der Waals surface area contributed by atoms with E-state index in [0.29, 0.717) is 6.61 Å². The topological polar surface area (TPSA) is 21.6 Å². The maximum absolute atomic E-state index is 14.0. The number of nitrogens with zero attached hydrogens (tertiary/aromatic N) is 1. The SMILES string of the molecule is Fc1cccc(F)c1C1=NC(Cc2cccc3c2CCCC3)CCO1. The lowest BCUT2D eigenvalue weighted by molar-refractivity contribution is 0.258. The Morgan fingerprint density at radius 3 is 2.60 bits per heavy atom. The van der Waals surface area contributed by atoms with Gasteiger partial charge in [-0.15, -0.1) is 0 Å². The highest BCUT2D eigenvalue weighted by molar-refractivity contribution is 5.95. The highest BCUT2D eigenvalue weighted by Gasteiger charge is 2.24. The Hall–Kier alpha value is -2.23. The van der Waals surface area contributed by atoms with Gasteiger partial charge in [0.25, 0.3) is 0 Å². The summed E-state index contributed by atoms with van der Waals surface area (Å²) in [5.41, 5.74) is 4.07. The van der Waals surface area contributed by atoms with Gasteiger partial charge in [-0.1, -0.05) is 24.3 Å². The van der Waals surface area contributed by atoms with Crippen LogP contribution in [-0.2, 0) is 24.0 Å². The van der Waals surface area contributed by atoms with Gasteiger partial charge in [0.1, 0.15) is 17.2 Å². The molecule has 130 valence electrons. The van der Waals surface area contributed by atoms with Gasteiger partial charge >= 0.3 is 0 Å². The van der Waals surface area contributed by atoms with E-state index in [-0.39, 0.29) is 17.5 Å². The molecule has 4 rings (SSSR count). The molecule has 0 saturated carbocycles. The number of ether oxygens (including phenoxy) is 1. The maximum Gasteiger partial charge on any atom is 0.222 e. The normalized spacial score (nSPS) is 19.8. The second-order valence-corrected chi connectivity index (χ2v) is 6.79. The van der Waals surface area contributed by atoms with Gasteiger partial charge in [0.05, 0.1) is 12.6 Å². The molecule has 4 heteroatoms. The molecule has 1 unspecified atom stereocenters. The third kappa shape index (κ3) is 3.30. The average molecular weight is 341 g/mol. The minimum absolute atomic E-state index is 0.00353. The zero-order valence-corrected chi connectivity index (χ0v) is 14.1. The van der Waals surface area contributed by atoms with Crippen LogP contribution in [-0.4, -0.2) is 18.5 Å². The van der Waals surface area contributed by atoms with Crippen molar-refractivity contribution >= 4 is 5.90 Å². The van der Waals surface area contributed by atoms with Crippen LogP contribution in [0.15, 0.2) is 41.4 Å². The van der Waals surface area contributed by atoms with E-state index >= 15 is 0 Å². The number of halogens is 2. The minimum Gasteiger partial charge on any atom is -0.477 e. The number of hydrogen-bond acceptors (Lipinski definition) is 2. The fourth-order valence-electron chi connectivity index (χ4n) is 3.85. The second kappa shape index (κ2) is 6.95. The van der Waals surface area contributed by atoms with Crippen LogP contribution in [0, 0.1) is 11.6 Å². The molecule has 1 atom stereocenters. The zero-order chi connectivity index (χ0) is 17.2. The molecular formula is C21H21F2NO. The molecular weight excluding hydrogens is 320 g/mol. The molecule has 2 aromatic carbocycles. The number of aryl methyl sites for hydroxylation is 1. The van der Waals surface area contributed by atoms with Crippen molar-refractivity contribution in [1.82, 2.24) is 0 Å². The lowest BCUT2D eigenvalue weighted by Crippen LogP contribution is -2.25. The van der Waals surface area contributed by atoms with Crippen molar-refractivity contribution in [1.29, 1.82) is 0 Å². The summed E-state index contributed by atoms with van der Waals surface area (Å²) in [6, 6.07) is 10.3. The third-order valence-electron chi connectivity index (χ3n) is 5.11. The molecule has 2 nitrogen and oxygen atoms in total. The molecule has 2 aromatic rings. The van der Waals surface area contributed by atoms with Crippen LogP contribution in [0.5, 0.6) is 0 Å². The van der Waals surface area contributed by atoms with Crippen molar-refractivity contribution in [2.24, 2.45) is 4.99 Å². The van der Waals surface area contributed by atoms with E-state index in [1.54, 1.807) is 0 Å². The molecule has 0 saturated heterocycles. The van der Waals surface area contributed by atoms with Crippen LogP contribution >= 0.6 is 0 Å². The van der Waals surface area contributed by atoms with Crippen molar-refractivity contribution in [2.75, 3.05) is 6.61 Å². The molecule has 0 bridgehead atoms. The van der Waals surface area contributed by atoms with Gasteiger partial charge in [-0.25, -0.2) is 13.8 Å². The molecule has 1 heterocycles. The molecule has 0 aromatic heterocycles. The van der Waals surface area contributed by atoms with Gasteiger partial charge in [0, 0.05) is 6.42 Å². The summed E-state index contributed by atoms with van der Waals surface area (Å²) >= 11 is 0. The highest BCUT2D eigenvalue weighted by atomic mass is 19.1. The van der Waals surface area contributed by atoms with Crippen molar-refractivity contribution in [3.05, 3.63) is 70.3 Å². The van der Waals surface area contributed by atoms with Crippen LogP contribution in [0.2, 0.25) is 0 Å². The number of benzene rings is 2. The van der Waals surface area contributed by atoms with Crippen LogP contribution in [0.3, 0.4) is 0 Å². The van der Waals surface area contributed by atoms with Gasteiger partial charge in [0.15, 0.2) is 0 Å². The van der Waals surface area contributed by atoms with Crippen LogP contribution in [0.1, 0.15) is 41.5 Å². The summed E-state index contributed by atoms with van der Waals surface area (Å²) in [5.74, 6) is -1.16. The Kier molecular flexibility index (Phi) is 4.51.